The molecular formula is C28H24N2O5. The van der Waals surface area contributed by atoms with E-state index in [4.69, 9.17) is 19.6 Å². The van der Waals surface area contributed by atoms with Crippen LogP contribution in [0.2, 0.25) is 0 Å². The van der Waals surface area contributed by atoms with Gasteiger partial charge >= 0.3 is 5.97 Å². The van der Waals surface area contributed by atoms with Crippen molar-refractivity contribution in [1.82, 2.24) is 4.98 Å². The van der Waals surface area contributed by atoms with Gasteiger partial charge in [0, 0.05) is 28.1 Å². The van der Waals surface area contributed by atoms with Crippen LogP contribution in [-0.2, 0) is 17.8 Å². The number of carbonyl (C=O) groups is 1. The van der Waals surface area contributed by atoms with E-state index < -0.39 is 5.97 Å². The zero-order valence-electron chi connectivity index (χ0n) is 19.4. The number of hydrogen-bond acceptors (Lipinski definition) is 6. The van der Waals surface area contributed by atoms with Gasteiger partial charge in [0.25, 0.3) is 0 Å². The Morgan fingerprint density at radius 3 is 2.69 bits per heavy atom. The van der Waals surface area contributed by atoms with Crippen LogP contribution in [0.5, 0.6) is 11.5 Å². The van der Waals surface area contributed by atoms with Gasteiger partial charge in [0.05, 0.1) is 19.8 Å². The molecule has 176 valence electrons. The van der Waals surface area contributed by atoms with Crippen molar-refractivity contribution in [2.24, 2.45) is 0 Å². The first-order chi connectivity index (χ1) is 16.9. The van der Waals surface area contributed by atoms with Crippen LogP contribution in [0.25, 0.3) is 32.9 Å². The number of pyridine rings is 1. The lowest BCUT2D eigenvalue weighted by molar-refractivity contribution is -0.136. The van der Waals surface area contributed by atoms with Gasteiger partial charge in [0.1, 0.15) is 18.2 Å². The molecular weight excluding hydrogens is 444 g/mol. The number of nitrogens with two attached hydrogens (primary N) is 1. The van der Waals surface area contributed by atoms with Crippen LogP contribution in [0.15, 0.2) is 71.5 Å². The van der Waals surface area contributed by atoms with Gasteiger partial charge in [0.2, 0.25) is 0 Å². The smallest absolute Gasteiger partial charge is 0.307 e. The van der Waals surface area contributed by atoms with Crippen molar-refractivity contribution >= 4 is 33.5 Å². The summed E-state index contributed by atoms with van der Waals surface area (Å²) in [7, 11) is 1.60. The molecule has 0 amide bonds. The first-order valence-corrected chi connectivity index (χ1v) is 11.1. The zero-order valence-corrected chi connectivity index (χ0v) is 19.4. The van der Waals surface area contributed by atoms with E-state index in [-0.39, 0.29) is 13.0 Å². The van der Waals surface area contributed by atoms with Crippen LogP contribution in [0.1, 0.15) is 16.7 Å². The number of aromatic nitrogens is 1. The molecule has 5 aromatic rings. The minimum Gasteiger partial charge on any atom is -0.493 e. The molecule has 3 aromatic carbocycles. The van der Waals surface area contributed by atoms with Crippen molar-refractivity contribution in [1.29, 1.82) is 0 Å². The molecule has 7 nitrogen and oxygen atoms in total. The SMILES string of the molecule is COc1cc(-c2ccc3ccnc(N)c3c2)cc2c(COc3c(C)cccc3CC(=O)O)coc12. The predicted octanol–water partition coefficient (Wildman–Crippen LogP) is 5.75. The Morgan fingerprint density at radius 1 is 1.06 bits per heavy atom. The fraction of sp³-hybridized carbons (Fsp3) is 0.143. The lowest BCUT2D eigenvalue weighted by Gasteiger charge is -2.13. The predicted molar refractivity (Wildman–Crippen MR) is 135 cm³/mol. The highest BCUT2D eigenvalue weighted by Gasteiger charge is 2.16. The normalized spacial score (nSPS) is 11.1. The summed E-state index contributed by atoms with van der Waals surface area (Å²) in [5, 5.41) is 12.0. The van der Waals surface area contributed by atoms with E-state index in [1.165, 1.54) is 0 Å². The average molecular weight is 469 g/mol. The summed E-state index contributed by atoms with van der Waals surface area (Å²) >= 11 is 0. The number of aryl methyl sites for hydroxylation is 1. The molecule has 2 aromatic heterocycles. The molecule has 2 heterocycles. The quantitative estimate of drug-likeness (QED) is 0.313. The number of nitrogen functional groups attached to an aromatic ring is 1. The minimum atomic E-state index is -0.908. The summed E-state index contributed by atoms with van der Waals surface area (Å²) in [5.74, 6) is 0.746. The number of ether oxygens (including phenoxy) is 2. The summed E-state index contributed by atoms with van der Waals surface area (Å²) < 4.78 is 17.6. The van der Waals surface area contributed by atoms with Gasteiger partial charge < -0.3 is 24.7 Å². The maximum atomic E-state index is 11.3. The number of hydrogen-bond donors (Lipinski definition) is 2. The van der Waals surface area contributed by atoms with Gasteiger partial charge in [-0.3, -0.25) is 4.79 Å². The lowest BCUT2D eigenvalue weighted by atomic mass is 9.99. The summed E-state index contributed by atoms with van der Waals surface area (Å²) in [6, 6.07) is 17.4. The van der Waals surface area contributed by atoms with Crippen LogP contribution >= 0.6 is 0 Å². The van der Waals surface area contributed by atoms with Crippen LogP contribution < -0.4 is 15.2 Å². The second-order valence-corrected chi connectivity index (χ2v) is 8.37. The molecule has 0 spiro atoms. The molecule has 0 saturated carbocycles. The highest BCUT2D eigenvalue weighted by molar-refractivity contribution is 5.96. The largest absolute Gasteiger partial charge is 0.493 e. The number of carboxylic acid groups (broad SMARTS) is 1. The first-order valence-electron chi connectivity index (χ1n) is 11.1. The number of anilines is 1. The molecule has 3 N–H and O–H groups in total. The van der Waals surface area contributed by atoms with E-state index in [2.05, 4.69) is 4.98 Å². The third kappa shape index (κ3) is 4.24. The number of methoxy groups -OCH3 is 1. The van der Waals surface area contributed by atoms with Crippen LogP contribution in [0.3, 0.4) is 0 Å². The number of nitrogens with zero attached hydrogens (tertiary/aromatic N) is 1. The molecule has 5 rings (SSSR count). The number of para-hydroxylation sites is 1. The molecule has 0 fully saturated rings. The molecule has 0 bridgehead atoms. The Kier molecular flexibility index (Phi) is 5.74. The Bertz CT molecular complexity index is 1570. The van der Waals surface area contributed by atoms with Crippen molar-refractivity contribution in [2.75, 3.05) is 12.8 Å². The molecule has 0 aliphatic heterocycles. The number of rotatable bonds is 7. The molecule has 0 aliphatic rings. The second kappa shape index (κ2) is 9.02. The molecule has 0 radical (unpaired) electrons. The number of benzene rings is 3. The summed E-state index contributed by atoms with van der Waals surface area (Å²) in [6.45, 7) is 2.11. The Labute approximate surface area is 201 Å². The molecule has 0 unspecified atom stereocenters. The van der Waals surface area contributed by atoms with E-state index in [0.29, 0.717) is 28.5 Å². The molecule has 35 heavy (non-hydrogen) atoms. The fourth-order valence-corrected chi connectivity index (χ4v) is 4.33. The van der Waals surface area contributed by atoms with E-state index in [9.17, 15) is 9.90 Å². The number of furan rings is 1. The van der Waals surface area contributed by atoms with Gasteiger partial charge in [-0.1, -0.05) is 30.3 Å². The Morgan fingerprint density at radius 2 is 1.89 bits per heavy atom. The van der Waals surface area contributed by atoms with Crippen LogP contribution in [-0.4, -0.2) is 23.2 Å². The van der Waals surface area contributed by atoms with E-state index in [0.717, 1.165) is 38.4 Å². The number of fused-ring (bicyclic) bond motifs is 2. The first kappa shape index (κ1) is 22.3. The van der Waals surface area contributed by atoms with Crippen molar-refractivity contribution in [3.05, 3.63) is 83.7 Å². The van der Waals surface area contributed by atoms with Gasteiger partial charge in [-0.2, -0.15) is 0 Å². The maximum absolute atomic E-state index is 11.3. The standard InChI is InChI=1S/C28H24N2O5/c1-16-4-3-5-19(13-25(31)32)26(16)34-14-21-15-35-27-22(21)11-20(12-24(27)33-2)18-7-6-17-8-9-30-28(29)23(17)10-18/h3-12,15H,13-14H2,1-2H3,(H2,29,30)(H,31,32). The van der Waals surface area contributed by atoms with Crippen molar-refractivity contribution < 1.29 is 23.8 Å². The fourth-order valence-electron chi connectivity index (χ4n) is 4.33. The van der Waals surface area contributed by atoms with Gasteiger partial charge in [-0.25, -0.2) is 4.98 Å². The highest BCUT2D eigenvalue weighted by atomic mass is 16.5. The van der Waals surface area contributed by atoms with Gasteiger partial charge in [0.15, 0.2) is 11.3 Å². The van der Waals surface area contributed by atoms with Crippen molar-refractivity contribution in [2.45, 2.75) is 20.0 Å². The Hall–Kier alpha value is -4.52. The third-order valence-corrected chi connectivity index (χ3v) is 6.08. The highest BCUT2D eigenvalue weighted by Crippen LogP contribution is 2.37. The molecule has 7 heteroatoms. The summed E-state index contributed by atoms with van der Waals surface area (Å²) in [6.07, 6.45) is 3.23. The van der Waals surface area contributed by atoms with E-state index in [1.807, 2.05) is 55.5 Å². The van der Waals surface area contributed by atoms with Crippen molar-refractivity contribution in [3.63, 3.8) is 0 Å². The van der Waals surface area contributed by atoms with Gasteiger partial charge in [-0.05, 0) is 53.3 Å². The Balaban J connectivity index is 1.54. The molecule has 0 saturated heterocycles. The van der Waals surface area contributed by atoms with Gasteiger partial charge in [-0.15, -0.1) is 0 Å². The van der Waals surface area contributed by atoms with Crippen LogP contribution in [0, 0.1) is 6.92 Å². The topological polar surface area (TPSA) is 108 Å². The van der Waals surface area contributed by atoms with E-state index in [1.54, 1.807) is 25.6 Å². The minimum absolute atomic E-state index is 0.110. The third-order valence-electron chi connectivity index (χ3n) is 6.08. The molecule has 0 atom stereocenters. The second-order valence-electron chi connectivity index (χ2n) is 8.37. The van der Waals surface area contributed by atoms with Crippen molar-refractivity contribution in [3.8, 4) is 22.6 Å². The average Bonchev–Trinajstić information content (AvgIpc) is 3.26. The zero-order chi connectivity index (χ0) is 24.5. The maximum Gasteiger partial charge on any atom is 0.307 e. The number of carboxylic acids is 1. The lowest BCUT2D eigenvalue weighted by Crippen LogP contribution is -2.05. The van der Waals surface area contributed by atoms with Crippen LogP contribution in [0.4, 0.5) is 5.82 Å². The summed E-state index contributed by atoms with van der Waals surface area (Å²) in [5.41, 5.74) is 10.9. The summed E-state index contributed by atoms with van der Waals surface area (Å²) in [4.78, 5) is 15.5. The van der Waals surface area contributed by atoms with E-state index >= 15 is 0 Å². The number of aliphatic carboxylic acids is 1. The monoisotopic (exact) mass is 468 g/mol. The molecule has 0 aliphatic carbocycles.